The predicted octanol–water partition coefficient (Wildman–Crippen LogP) is 2.89. The lowest BCUT2D eigenvalue weighted by Crippen LogP contribution is -2.54. The Kier molecular flexibility index (Phi) is 11.1. The van der Waals surface area contributed by atoms with E-state index in [2.05, 4.69) is 10.6 Å². The Morgan fingerprint density at radius 2 is 1.88 bits per heavy atom. The Labute approximate surface area is 188 Å². The van der Waals surface area contributed by atoms with Crippen LogP contribution < -0.4 is 10.6 Å². The van der Waals surface area contributed by atoms with Gasteiger partial charge in [0.15, 0.2) is 12.1 Å². The molecule has 1 fully saturated rings. The molecule has 0 saturated carbocycles. The lowest BCUT2D eigenvalue weighted by molar-refractivity contribution is -0.168. The Balaban J connectivity index is 1.93. The van der Waals surface area contributed by atoms with Crippen LogP contribution in [0, 0.1) is 5.92 Å². The molecule has 8 nitrogen and oxygen atoms in total. The molecule has 2 rings (SSSR count). The first kappa shape index (κ1) is 25.7. The molecule has 2 N–H and O–H groups in total. The van der Waals surface area contributed by atoms with Crippen LogP contribution in [0.3, 0.4) is 0 Å². The minimum Gasteiger partial charge on any atom is -0.445 e. The summed E-state index contributed by atoms with van der Waals surface area (Å²) in [5.41, 5.74) is 0.809. The molecule has 1 saturated heterocycles. The average molecular weight is 453 g/mol. The first-order valence-electron chi connectivity index (χ1n) is 11.0. The van der Waals surface area contributed by atoms with Gasteiger partial charge in [-0.3, -0.25) is 9.59 Å². The second-order valence-corrected chi connectivity index (χ2v) is 8.18. The standard InChI is InChI=1S/C23H33FN2O6/c1-16(2)12-18(26-23(29)32-14-17-8-4-3-5-9-17)22(28)25-19(20(27)13-24)15-31-21-10-6-7-11-30-21/h3-5,8-9,16,18-19,21H,6-7,10-15H2,1-2H3,(H,25,28)(H,26,29)/t18-,19-,21?/m0/s1. The van der Waals surface area contributed by atoms with Crippen molar-refractivity contribution in [1.82, 2.24) is 10.6 Å². The van der Waals surface area contributed by atoms with Crippen LogP contribution in [0.1, 0.15) is 45.1 Å². The summed E-state index contributed by atoms with van der Waals surface area (Å²) in [5.74, 6) is -1.33. The van der Waals surface area contributed by atoms with Gasteiger partial charge in [-0.25, -0.2) is 9.18 Å². The van der Waals surface area contributed by atoms with Crippen molar-refractivity contribution in [2.75, 3.05) is 19.9 Å². The number of ether oxygens (including phenoxy) is 3. The molecule has 32 heavy (non-hydrogen) atoms. The van der Waals surface area contributed by atoms with Crippen molar-refractivity contribution in [3.8, 4) is 0 Å². The molecule has 178 valence electrons. The summed E-state index contributed by atoms with van der Waals surface area (Å²) in [4.78, 5) is 37.1. The molecule has 0 spiro atoms. The Bertz CT molecular complexity index is 724. The van der Waals surface area contributed by atoms with Crippen LogP contribution in [0.25, 0.3) is 0 Å². The Morgan fingerprint density at radius 3 is 2.50 bits per heavy atom. The van der Waals surface area contributed by atoms with E-state index >= 15 is 0 Å². The number of nitrogens with one attached hydrogen (secondary N) is 2. The third-order valence-electron chi connectivity index (χ3n) is 4.95. The third kappa shape index (κ3) is 9.32. The number of halogens is 1. The van der Waals surface area contributed by atoms with Gasteiger partial charge in [-0.2, -0.15) is 0 Å². The number of ketones is 1. The van der Waals surface area contributed by atoms with E-state index in [0.29, 0.717) is 19.4 Å². The normalized spacial score (nSPS) is 17.9. The predicted molar refractivity (Wildman–Crippen MR) is 115 cm³/mol. The fraction of sp³-hybridized carbons (Fsp3) is 0.609. The van der Waals surface area contributed by atoms with Crippen molar-refractivity contribution in [3.05, 3.63) is 35.9 Å². The minimum absolute atomic E-state index is 0.0564. The van der Waals surface area contributed by atoms with E-state index in [-0.39, 0.29) is 19.1 Å². The second-order valence-electron chi connectivity index (χ2n) is 8.18. The number of alkyl carbamates (subject to hydrolysis) is 1. The van der Waals surface area contributed by atoms with E-state index in [9.17, 15) is 18.8 Å². The number of amides is 2. The number of carbonyl (C=O) groups excluding carboxylic acids is 3. The average Bonchev–Trinajstić information content (AvgIpc) is 2.80. The Hall–Kier alpha value is -2.52. The maximum atomic E-state index is 13.1. The SMILES string of the molecule is CC(C)C[C@H](NC(=O)OCc1ccccc1)C(=O)N[C@@H](COC1CCCCO1)C(=O)CF. The topological polar surface area (TPSA) is 103 Å². The number of alkyl halides is 1. The molecule has 1 aliphatic heterocycles. The van der Waals surface area contributed by atoms with Crippen LogP contribution in [0.15, 0.2) is 30.3 Å². The number of rotatable bonds is 12. The summed E-state index contributed by atoms with van der Waals surface area (Å²) in [6, 6.07) is 7.02. The van der Waals surface area contributed by atoms with Crippen molar-refractivity contribution in [3.63, 3.8) is 0 Å². The third-order valence-corrected chi connectivity index (χ3v) is 4.95. The first-order valence-corrected chi connectivity index (χ1v) is 11.0. The van der Waals surface area contributed by atoms with Crippen molar-refractivity contribution < 1.29 is 33.0 Å². The zero-order valence-corrected chi connectivity index (χ0v) is 18.7. The van der Waals surface area contributed by atoms with E-state index in [4.69, 9.17) is 14.2 Å². The summed E-state index contributed by atoms with van der Waals surface area (Å²) in [5, 5.41) is 5.06. The lowest BCUT2D eigenvalue weighted by Gasteiger charge is -2.26. The molecular weight excluding hydrogens is 419 g/mol. The molecule has 2 amide bonds. The van der Waals surface area contributed by atoms with E-state index in [1.165, 1.54) is 0 Å². The van der Waals surface area contributed by atoms with Crippen LogP contribution >= 0.6 is 0 Å². The highest BCUT2D eigenvalue weighted by Crippen LogP contribution is 2.14. The van der Waals surface area contributed by atoms with Crippen LogP contribution in [0.2, 0.25) is 0 Å². The van der Waals surface area contributed by atoms with Gasteiger partial charge < -0.3 is 24.8 Å². The van der Waals surface area contributed by atoms with Crippen LogP contribution in [-0.2, 0) is 30.4 Å². The highest BCUT2D eigenvalue weighted by Gasteiger charge is 2.29. The molecule has 1 aromatic rings. The smallest absolute Gasteiger partial charge is 0.408 e. The van der Waals surface area contributed by atoms with Crippen molar-refractivity contribution in [2.24, 2.45) is 5.92 Å². The second kappa shape index (κ2) is 13.8. The van der Waals surface area contributed by atoms with Crippen LogP contribution in [-0.4, -0.2) is 56.0 Å². The number of hydrogen-bond acceptors (Lipinski definition) is 6. The number of hydrogen-bond donors (Lipinski definition) is 2. The van der Waals surface area contributed by atoms with E-state index in [1.54, 1.807) is 0 Å². The number of Topliss-reactive ketones (excluding diaryl/α,β-unsaturated/α-hetero) is 1. The minimum atomic E-state index is -1.23. The molecule has 1 aliphatic rings. The maximum absolute atomic E-state index is 13.1. The van der Waals surface area contributed by atoms with Crippen LogP contribution in [0.4, 0.5) is 9.18 Å². The summed E-state index contributed by atoms with van der Waals surface area (Å²) >= 11 is 0. The molecule has 0 aliphatic carbocycles. The fourth-order valence-corrected chi connectivity index (χ4v) is 3.24. The van der Waals surface area contributed by atoms with E-state index in [1.807, 2.05) is 44.2 Å². The molecule has 1 aromatic carbocycles. The number of benzene rings is 1. The zero-order chi connectivity index (χ0) is 23.3. The molecule has 9 heteroatoms. The summed E-state index contributed by atoms with van der Waals surface area (Å²) < 4.78 is 29.3. The molecular formula is C23H33FN2O6. The van der Waals surface area contributed by atoms with Gasteiger partial charge in [0.2, 0.25) is 5.91 Å². The highest BCUT2D eigenvalue weighted by molar-refractivity contribution is 5.92. The summed E-state index contributed by atoms with van der Waals surface area (Å²) in [6.07, 6.45) is 1.63. The summed E-state index contributed by atoms with van der Waals surface area (Å²) in [7, 11) is 0. The van der Waals surface area contributed by atoms with Gasteiger partial charge in [0.05, 0.1) is 6.61 Å². The zero-order valence-electron chi connectivity index (χ0n) is 18.7. The summed E-state index contributed by atoms with van der Waals surface area (Å²) in [6.45, 7) is 2.97. The van der Waals surface area contributed by atoms with Crippen molar-refractivity contribution in [1.29, 1.82) is 0 Å². The maximum Gasteiger partial charge on any atom is 0.408 e. The van der Waals surface area contributed by atoms with Crippen molar-refractivity contribution >= 4 is 17.8 Å². The molecule has 1 heterocycles. The van der Waals surface area contributed by atoms with Gasteiger partial charge in [-0.05, 0) is 37.2 Å². The fourth-order valence-electron chi connectivity index (χ4n) is 3.24. The van der Waals surface area contributed by atoms with Gasteiger partial charge in [0, 0.05) is 6.61 Å². The first-order chi connectivity index (χ1) is 15.4. The van der Waals surface area contributed by atoms with E-state index in [0.717, 1.165) is 18.4 Å². The quantitative estimate of drug-likeness (QED) is 0.506. The van der Waals surface area contributed by atoms with Gasteiger partial charge >= 0.3 is 6.09 Å². The highest BCUT2D eigenvalue weighted by atomic mass is 19.1. The van der Waals surface area contributed by atoms with Gasteiger partial charge in [0.1, 0.15) is 25.4 Å². The van der Waals surface area contributed by atoms with Crippen molar-refractivity contribution in [2.45, 2.75) is 64.5 Å². The molecule has 3 atom stereocenters. The molecule has 1 unspecified atom stereocenters. The van der Waals surface area contributed by atoms with Crippen LogP contribution in [0.5, 0.6) is 0 Å². The molecule has 0 bridgehead atoms. The Morgan fingerprint density at radius 1 is 1.12 bits per heavy atom. The number of carbonyl (C=O) groups is 3. The molecule has 0 radical (unpaired) electrons. The van der Waals surface area contributed by atoms with Gasteiger partial charge in [0.25, 0.3) is 0 Å². The van der Waals surface area contributed by atoms with E-state index < -0.39 is 42.8 Å². The molecule has 0 aromatic heterocycles. The van der Waals surface area contributed by atoms with Gasteiger partial charge in [-0.15, -0.1) is 0 Å². The van der Waals surface area contributed by atoms with Gasteiger partial charge in [-0.1, -0.05) is 44.2 Å². The lowest BCUT2D eigenvalue weighted by atomic mass is 10.0. The largest absolute Gasteiger partial charge is 0.445 e. The monoisotopic (exact) mass is 452 g/mol.